The Morgan fingerprint density at radius 1 is 0.909 bits per heavy atom. The Kier molecular flexibility index (Phi) is 4.24. The van der Waals surface area contributed by atoms with Crippen LogP contribution in [0.15, 0.2) is 60.7 Å². The smallest absolute Gasteiger partial charge is 0.132 e. The fraction of sp³-hybridized carbons (Fsp3) is 0.211. The van der Waals surface area contributed by atoms with Crippen molar-refractivity contribution in [3.63, 3.8) is 0 Å². The summed E-state index contributed by atoms with van der Waals surface area (Å²) < 4.78 is 1.94. The summed E-state index contributed by atoms with van der Waals surface area (Å²) in [6, 6.07) is 20.8. The molecule has 112 valence electrons. The predicted octanol–water partition coefficient (Wildman–Crippen LogP) is 4.58. The zero-order valence-corrected chi connectivity index (χ0v) is 13.1. The van der Waals surface area contributed by atoms with Gasteiger partial charge >= 0.3 is 0 Å². The van der Waals surface area contributed by atoms with Gasteiger partial charge in [0.25, 0.3) is 0 Å². The third kappa shape index (κ3) is 2.75. The molecule has 0 radical (unpaired) electrons. The summed E-state index contributed by atoms with van der Waals surface area (Å²) in [4.78, 5) is 0. The van der Waals surface area contributed by atoms with Crippen LogP contribution in [0.2, 0.25) is 0 Å². The maximum absolute atomic E-state index is 4.76. The highest BCUT2D eigenvalue weighted by Crippen LogP contribution is 2.37. The van der Waals surface area contributed by atoms with Crippen LogP contribution in [-0.4, -0.2) is 16.3 Å². The maximum Gasteiger partial charge on any atom is 0.132 e. The summed E-state index contributed by atoms with van der Waals surface area (Å²) in [5, 5.41) is 8.28. The van der Waals surface area contributed by atoms with E-state index in [0.29, 0.717) is 0 Å². The molecule has 1 aromatic heterocycles. The second-order valence-electron chi connectivity index (χ2n) is 5.35. The SMILES string of the molecule is CCCNc1c(-c2ccccc2)c(-c2ccccc2)nn1C. The quantitative estimate of drug-likeness (QED) is 0.746. The van der Waals surface area contributed by atoms with E-state index in [4.69, 9.17) is 5.10 Å². The van der Waals surface area contributed by atoms with Gasteiger partial charge in [-0.1, -0.05) is 67.6 Å². The van der Waals surface area contributed by atoms with Crippen LogP contribution in [0.25, 0.3) is 22.4 Å². The monoisotopic (exact) mass is 291 g/mol. The van der Waals surface area contributed by atoms with Crippen LogP contribution >= 0.6 is 0 Å². The molecule has 0 unspecified atom stereocenters. The number of rotatable bonds is 5. The van der Waals surface area contributed by atoms with Crippen molar-refractivity contribution < 1.29 is 0 Å². The van der Waals surface area contributed by atoms with E-state index in [1.165, 1.54) is 11.1 Å². The largest absolute Gasteiger partial charge is 0.370 e. The molecule has 3 nitrogen and oxygen atoms in total. The molecule has 1 heterocycles. The molecular weight excluding hydrogens is 270 g/mol. The van der Waals surface area contributed by atoms with Crippen molar-refractivity contribution in [2.45, 2.75) is 13.3 Å². The number of nitrogens with zero attached hydrogens (tertiary/aromatic N) is 2. The number of hydrogen-bond donors (Lipinski definition) is 1. The molecule has 0 fully saturated rings. The van der Waals surface area contributed by atoms with Gasteiger partial charge in [-0.25, -0.2) is 0 Å². The van der Waals surface area contributed by atoms with E-state index in [1.807, 2.05) is 23.9 Å². The van der Waals surface area contributed by atoms with Crippen LogP contribution < -0.4 is 5.32 Å². The van der Waals surface area contributed by atoms with Gasteiger partial charge in [0.1, 0.15) is 11.5 Å². The van der Waals surface area contributed by atoms with Crippen LogP contribution in [0, 0.1) is 0 Å². The van der Waals surface area contributed by atoms with Crippen molar-refractivity contribution in [1.29, 1.82) is 0 Å². The molecule has 0 aliphatic carbocycles. The number of aromatic nitrogens is 2. The lowest BCUT2D eigenvalue weighted by molar-refractivity contribution is 0.769. The Balaban J connectivity index is 2.18. The van der Waals surface area contributed by atoms with Crippen LogP contribution in [0.5, 0.6) is 0 Å². The molecule has 0 bridgehead atoms. The minimum atomic E-state index is 0.938. The predicted molar refractivity (Wildman–Crippen MR) is 92.9 cm³/mol. The van der Waals surface area contributed by atoms with Gasteiger partial charge < -0.3 is 5.32 Å². The first-order valence-corrected chi connectivity index (χ1v) is 7.73. The number of aryl methyl sites for hydroxylation is 1. The second kappa shape index (κ2) is 6.48. The van der Waals surface area contributed by atoms with Crippen molar-refractivity contribution in [3.05, 3.63) is 60.7 Å². The molecule has 0 aliphatic rings. The number of hydrogen-bond acceptors (Lipinski definition) is 2. The Morgan fingerprint density at radius 3 is 2.09 bits per heavy atom. The third-order valence-electron chi connectivity index (χ3n) is 3.70. The molecule has 0 saturated heterocycles. The Hall–Kier alpha value is -2.55. The first-order chi connectivity index (χ1) is 10.8. The van der Waals surface area contributed by atoms with E-state index < -0.39 is 0 Å². The van der Waals surface area contributed by atoms with E-state index in [-0.39, 0.29) is 0 Å². The van der Waals surface area contributed by atoms with E-state index >= 15 is 0 Å². The third-order valence-corrected chi connectivity index (χ3v) is 3.70. The van der Waals surface area contributed by atoms with Crippen LogP contribution in [0.4, 0.5) is 5.82 Å². The molecule has 0 atom stereocenters. The lowest BCUT2D eigenvalue weighted by atomic mass is 10.0. The zero-order chi connectivity index (χ0) is 15.4. The standard InChI is InChI=1S/C19H21N3/c1-3-14-20-19-17(15-10-6-4-7-11-15)18(21-22(19)2)16-12-8-5-9-13-16/h4-13,20H,3,14H2,1-2H3. The van der Waals surface area contributed by atoms with Gasteiger partial charge in [0, 0.05) is 19.2 Å². The average molecular weight is 291 g/mol. The molecule has 0 spiro atoms. The molecule has 1 N–H and O–H groups in total. The summed E-state index contributed by atoms with van der Waals surface area (Å²) in [5.41, 5.74) is 4.52. The number of anilines is 1. The first-order valence-electron chi connectivity index (χ1n) is 7.73. The molecule has 3 rings (SSSR count). The van der Waals surface area contributed by atoms with Gasteiger partial charge in [-0.2, -0.15) is 5.10 Å². The van der Waals surface area contributed by atoms with E-state index in [0.717, 1.165) is 30.0 Å². The van der Waals surface area contributed by atoms with Gasteiger partial charge in [0.15, 0.2) is 0 Å². The second-order valence-corrected chi connectivity index (χ2v) is 5.35. The van der Waals surface area contributed by atoms with E-state index in [9.17, 15) is 0 Å². The highest BCUT2D eigenvalue weighted by atomic mass is 15.3. The molecular formula is C19H21N3. The van der Waals surface area contributed by atoms with Crippen LogP contribution in [0.3, 0.4) is 0 Å². The van der Waals surface area contributed by atoms with Crippen molar-refractivity contribution in [1.82, 2.24) is 9.78 Å². The highest BCUT2D eigenvalue weighted by molar-refractivity contribution is 5.88. The van der Waals surface area contributed by atoms with Gasteiger partial charge in [0.2, 0.25) is 0 Å². The molecule has 0 saturated carbocycles. The number of nitrogens with one attached hydrogen (secondary N) is 1. The zero-order valence-electron chi connectivity index (χ0n) is 13.1. The van der Waals surface area contributed by atoms with Crippen molar-refractivity contribution >= 4 is 5.82 Å². The Labute approximate surface area is 131 Å². The summed E-state index contributed by atoms with van der Waals surface area (Å²) in [6.45, 7) is 3.11. The fourth-order valence-electron chi connectivity index (χ4n) is 2.65. The first kappa shape index (κ1) is 14.4. The van der Waals surface area contributed by atoms with E-state index in [1.54, 1.807) is 0 Å². The molecule has 3 heteroatoms. The summed E-state index contributed by atoms with van der Waals surface area (Å²) in [5.74, 6) is 1.08. The van der Waals surface area contributed by atoms with Crippen molar-refractivity contribution in [3.8, 4) is 22.4 Å². The summed E-state index contributed by atoms with van der Waals surface area (Å²) in [7, 11) is 2.00. The minimum Gasteiger partial charge on any atom is -0.370 e. The average Bonchev–Trinajstić information content (AvgIpc) is 2.91. The van der Waals surface area contributed by atoms with E-state index in [2.05, 4.69) is 60.8 Å². The Morgan fingerprint density at radius 2 is 1.50 bits per heavy atom. The molecule has 2 aromatic carbocycles. The van der Waals surface area contributed by atoms with Gasteiger partial charge in [-0.3, -0.25) is 4.68 Å². The van der Waals surface area contributed by atoms with Gasteiger partial charge in [-0.15, -0.1) is 0 Å². The van der Waals surface area contributed by atoms with Crippen molar-refractivity contribution in [2.24, 2.45) is 7.05 Å². The lowest BCUT2D eigenvalue weighted by Gasteiger charge is -2.09. The topological polar surface area (TPSA) is 29.9 Å². The lowest BCUT2D eigenvalue weighted by Crippen LogP contribution is -2.06. The summed E-state index contributed by atoms with van der Waals surface area (Å²) in [6.07, 6.45) is 1.08. The normalized spacial score (nSPS) is 10.6. The van der Waals surface area contributed by atoms with Gasteiger partial charge in [-0.05, 0) is 12.0 Å². The molecule has 22 heavy (non-hydrogen) atoms. The van der Waals surface area contributed by atoms with Gasteiger partial charge in [0.05, 0.1) is 5.56 Å². The molecule has 0 amide bonds. The highest BCUT2D eigenvalue weighted by Gasteiger charge is 2.18. The van der Waals surface area contributed by atoms with Crippen LogP contribution in [0.1, 0.15) is 13.3 Å². The van der Waals surface area contributed by atoms with Crippen molar-refractivity contribution in [2.75, 3.05) is 11.9 Å². The maximum atomic E-state index is 4.76. The Bertz CT molecular complexity index is 730. The fourth-order valence-corrected chi connectivity index (χ4v) is 2.65. The molecule has 3 aromatic rings. The number of benzene rings is 2. The minimum absolute atomic E-state index is 0.938. The summed E-state index contributed by atoms with van der Waals surface area (Å²) >= 11 is 0. The van der Waals surface area contributed by atoms with Crippen LogP contribution in [-0.2, 0) is 7.05 Å². The molecule has 0 aliphatic heterocycles.